The maximum atomic E-state index is 14.4. The van der Waals surface area contributed by atoms with Gasteiger partial charge in [-0.05, 0) is 53.4 Å². The lowest BCUT2D eigenvalue weighted by Crippen LogP contribution is -2.41. The van der Waals surface area contributed by atoms with Crippen molar-refractivity contribution in [2.24, 2.45) is 0 Å². The summed E-state index contributed by atoms with van der Waals surface area (Å²) in [7, 11) is -2.95. The predicted octanol–water partition coefficient (Wildman–Crippen LogP) is 3.48. The molecule has 2 rings (SSSR count). The molecular weight excluding hydrogens is 305 g/mol. The fraction of sp³-hybridized carbons (Fsp3) is 0.600. The summed E-state index contributed by atoms with van der Waals surface area (Å²) in [6, 6.07) is 2.91. The number of halogens is 2. The Hall–Kier alpha value is -0.918. The molecule has 0 aromatic heterocycles. The smallest absolute Gasteiger partial charge is 0.497 e. The second kappa shape index (κ2) is 5.32. The Kier molecular flexibility index (Phi) is 4.21. The van der Waals surface area contributed by atoms with E-state index in [2.05, 4.69) is 0 Å². The molecule has 1 aromatic rings. The second-order valence-corrected chi connectivity index (χ2v) is 12.0. The van der Waals surface area contributed by atoms with Gasteiger partial charge in [0.05, 0.1) is 11.2 Å². The van der Waals surface area contributed by atoms with Crippen LogP contribution in [0.15, 0.2) is 12.1 Å². The van der Waals surface area contributed by atoms with Crippen molar-refractivity contribution < 1.29 is 22.5 Å². The van der Waals surface area contributed by atoms with E-state index in [-0.39, 0.29) is 11.2 Å². The van der Waals surface area contributed by atoms with E-state index in [4.69, 9.17) is 13.7 Å². The third-order valence-corrected chi connectivity index (χ3v) is 4.83. The highest BCUT2D eigenvalue weighted by Gasteiger charge is 2.52. The number of rotatable bonds is 3. The zero-order valence-electron chi connectivity index (χ0n) is 14.2. The summed E-state index contributed by atoms with van der Waals surface area (Å²) in [4.78, 5) is 0. The van der Waals surface area contributed by atoms with Gasteiger partial charge in [-0.1, -0.05) is 6.07 Å². The minimum Gasteiger partial charge on any atom is -0.542 e. The topological polar surface area (TPSA) is 27.7 Å². The molecule has 0 radical (unpaired) electrons. The molecule has 1 saturated heterocycles. The van der Waals surface area contributed by atoms with Gasteiger partial charge in [0.15, 0.2) is 11.6 Å². The van der Waals surface area contributed by atoms with Crippen molar-refractivity contribution in [2.45, 2.75) is 58.5 Å². The zero-order chi connectivity index (χ0) is 16.9. The zero-order valence-corrected chi connectivity index (χ0v) is 15.2. The molecule has 1 heterocycles. The summed E-state index contributed by atoms with van der Waals surface area (Å²) in [5.74, 6) is -2.03. The van der Waals surface area contributed by atoms with Gasteiger partial charge in [-0.25, -0.2) is 4.39 Å². The van der Waals surface area contributed by atoms with Crippen LogP contribution in [-0.4, -0.2) is 26.6 Å². The monoisotopic (exact) mass is 328 g/mol. The van der Waals surface area contributed by atoms with Crippen molar-refractivity contribution in [2.75, 3.05) is 0 Å². The molecule has 7 heteroatoms. The van der Waals surface area contributed by atoms with E-state index in [1.54, 1.807) is 0 Å². The summed E-state index contributed by atoms with van der Waals surface area (Å²) in [6.07, 6.45) is 0. The maximum Gasteiger partial charge on any atom is 0.497 e. The van der Waals surface area contributed by atoms with E-state index in [1.165, 1.54) is 12.1 Å². The first-order valence-electron chi connectivity index (χ1n) is 7.37. The Morgan fingerprint density at radius 1 is 0.955 bits per heavy atom. The summed E-state index contributed by atoms with van der Waals surface area (Å²) in [5.41, 5.74) is -1.15. The van der Waals surface area contributed by atoms with Crippen LogP contribution in [0, 0.1) is 11.6 Å². The van der Waals surface area contributed by atoms with Gasteiger partial charge in [0.1, 0.15) is 5.75 Å². The molecule has 122 valence electrons. The van der Waals surface area contributed by atoms with Gasteiger partial charge in [-0.3, -0.25) is 0 Å². The first-order valence-corrected chi connectivity index (χ1v) is 10.8. The molecule has 0 atom stereocenters. The third kappa shape index (κ3) is 3.21. The number of benzene rings is 1. The molecule has 0 unspecified atom stereocenters. The van der Waals surface area contributed by atoms with Crippen LogP contribution in [-0.2, 0) is 9.31 Å². The van der Waals surface area contributed by atoms with Crippen molar-refractivity contribution in [3.63, 3.8) is 0 Å². The molecule has 0 aliphatic carbocycles. The van der Waals surface area contributed by atoms with Gasteiger partial charge in [0.2, 0.25) is 8.32 Å². The highest BCUT2D eigenvalue weighted by molar-refractivity contribution is 6.70. The third-order valence-electron chi connectivity index (χ3n) is 4.00. The molecule has 1 aliphatic heterocycles. The normalized spacial score (nSPS) is 20.3. The van der Waals surface area contributed by atoms with Crippen LogP contribution in [0.5, 0.6) is 5.75 Å². The van der Waals surface area contributed by atoms with Gasteiger partial charge < -0.3 is 13.7 Å². The largest absolute Gasteiger partial charge is 0.542 e. The van der Waals surface area contributed by atoms with Crippen LogP contribution in [0.3, 0.4) is 0 Å². The van der Waals surface area contributed by atoms with Gasteiger partial charge in [0, 0.05) is 5.46 Å². The average molecular weight is 328 g/mol. The van der Waals surface area contributed by atoms with Crippen LogP contribution in [0.25, 0.3) is 0 Å². The molecule has 0 bridgehead atoms. The minimum atomic E-state index is -2.02. The standard InChI is InChI=1S/C15H23BF2O3Si/c1-14(2)15(3,4)21-16(20-14)10-8-9-11(13(18)12(10)17)19-22(5,6)7/h8-9H,1-7H3. The van der Waals surface area contributed by atoms with Gasteiger partial charge in [-0.15, -0.1) is 0 Å². The van der Waals surface area contributed by atoms with Crippen molar-refractivity contribution >= 4 is 20.9 Å². The SMILES string of the molecule is CC1(C)OB(c2ccc(O[Si](C)(C)C)c(F)c2F)OC1(C)C. The molecule has 0 saturated carbocycles. The average Bonchev–Trinajstić information content (AvgIpc) is 2.53. The lowest BCUT2D eigenvalue weighted by Gasteiger charge is -2.32. The second-order valence-electron chi connectivity index (χ2n) is 7.58. The van der Waals surface area contributed by atoms with Crippen LogP contribution < -0.4 is 9.89 Å². The lowest BCUT2D eigenvalue weighted by molar-refractivity contribution is 0.00578. The Morgan fingerprint density at radius 3 is 1.91 bits per heavy atom. The van der Waals surface area contributed by atoms with Crippen LogP contribution in [0.4, 0.5) is 8.78 Å². The van der Waals surface area contributed by atoms with Crippen molar-refractivity contribution in [3.8, 4) is 5.75 Å². The van der Waals surface area contributed by atoms with E-state index >= 15 is 0 Å². The Labute approximate surface area is 132 Å². The van der Waals surface area contributed by atoms with E-state index in [0.29, 0.717) is 0 Å². The highest BCUT2D eigenvalue weighted by Crippen LogP contribution is 2.37. The fourth-order valence-electron chi connectivity index (χ4n) is 2.11. The van der Waals surface area contributed by atoms with Crippen molar-refractivity contribution in [1.82, 2.24) is 0 Å². The lowest BCUT2D eigenvalue weighted by atomic mass is 9.78. The minimum absolute atomic E-state index is 0.0547. The van der Waals surface area contributed by atoms with Crippen LogP contribution >= 0.6 is 0 Å². The van der Waals surface area contributed by atoms with E-state index < -0.39 is 38.3 Å². The summed E-state index contributed by atoms with van der Waals surface area (Å²) in [5, 5.41) is 0. The van der Waals surface area contributed by atoms with Crippen molar-refractivity contribution in [3.05, 3.63) is 23.8 Å². The van der Waals surface area contributed by atoms with Gasteiger partial charge in [0.25, 0.3) is 0 Å². The molecule has 0 spiro atoms. The molecule has 22 heavy (non-hydrogen) atoms. The quantitative estimate of drug-likeness (QED) is 0.795. The van der Waals surface area contributed by atoms with E-state index in [1.807, 2.05) is 47.3 Å². The highest BCUT2D eigenvalue weighted by atomic mass is 28.4. The van der Waals surface area contributed by atoms with Crippen LogP contribution in [0.2, 0.25) is 19.6 Å². The molecule has 1 aliphatic rings. The molecule has 0 amide bonds. The van der Waals surface area contributed by atoms with E-state index in [9.17, 15) is 8.78 Å². The van der Waals surface area contributed by atoms with Crippen LogP contribution in [0.1, 0.15) is 27.7 Å². The summed E-state index contributed by atoms with van der Waals surface area (Å²) < 4.78 is 45.7. The van der Waals surface area contributed by atoms with Gasteiger partial charge in [-0.2, -0.15) is 4.39 Å². The Morgan fingerprint density at radius 2 is 1.45 bits per heavy atom. The predicted molar refractivity (Wildman–Crippen MR) is 86.0 cm³/mol. The molecule has 0 N–H and O–H groups in total. The first-order chi connectivity index (χ1) is 9.84. The molecule has 1 fully saturated rings. The number of hydrogen-bond donors (Lipinski definition) is 0. The summed E-state index contributed by atoms with van der Waals surface area (Å²) >= 11 is 0. The first kappa shape index (κ1) is 17.4. The fourth-order valence-corrected chi connectivity index (χ4v) is 2.92. The van der Waals surface area contributed by atoms with Gasteiger partial charge >= 0.3 is 7.12 Å². The van der Waals surface area contributed by atoms with Crippen molar-refractivity contribution in [1.29, 1.82) is 0 Å². The Balaban J connectivity index is 2.34. The Bertz CT molecular complexity index is 569. The maximum absolute atomic E-state index is 14.4. The molecular formula is C15H23BF2O3Si. The summed E-state index contributed by atoms with van der Waals surface area (Å²) in [6.45, 7) is 13.2. The molecule has 1 aromatic carbocycles. The molecule has 3 nitrogen and oxygen atoms in total. The van der Waals surface area contributed by atoms with E-state index in [0.717, 1.165) is 0 Å². The number of hydrogen-bond acceptors (Lipinski definition) is 3.